The van der Waals surface area contributed by atoms with Gasteiger partial charge in [-0.05, 0) is 56.5 Å². The molecule has 3 aromatic rings. The van der Waals surface area contributed by atoms with E-state index in [2.05, 4.69) is 5.32 Å². The highest BCUT2D eigenvalue weighted by atomic mass is 32.2. The van der Waals surface area contributed by atoms with E-state index in [9.17, 15) is 13.2 Å². The van der Waals surface area contributed by atoms with Crippen LogP contribution in [-0.4, -0.2) is 31.8 Å². The summed E-state index contributed by atoms with van der Waals surface area (Å²) in [5.41, 5.74) is 3.61. The first-order valence-corrected chi connectivity index (χ1v) is 12.3. The fourth-order valence-electron chi connectivity index (χ4n) is 3.92. The molecule has 0 radical (unpaired) electrons. The standard InChI is InChI=1S/C26H30N2O4S/c1-5-32-24-14-10-9-13-23(24)27-25(29)18-28(17-22-11-7-6-8-12-22)33(30,31)26-20(3)15-19(2)16-21(26)4/h6-16H,5,17-18H2,1-4H3,(H,27,29). The predicted molar refractivity (Wildman–Crippen MR) is 131 cm³/mol. The van der Waals surface area contributed by atoms with Crippen molar-refractivity contribution in [2.75, 3.05) is 18.5 Å². The number of carbonyl (C=O) groups excluding carboxylic acids is 1. The zero-order valence-corrected chi connectivity index (χ0v) is 20.3. The van der Waals surface area contributed by atoms with Crippen molar-refractivity contribution in [1.82, 2.24) is 4.31 Å². The fourth-order valence-corrected chi connectivity index (χ4v) is 5.71. The predicted octanol–water partition coefficient (Wildman–Crippen LogP) is 4.84. The molecular formula is C26H30N2O4S. The van der Waals surface area contributed by atoms with Crippen LogP contribution in [0.4, 0.5) is 5.69 Å². The highest BCUT2D eigenvalue weighted by Gasteiger charge is 2.30. The topological polar surface area (TPSA) is 75.7 Å². The van der Waals surface area contributed by atoms with Crippen LogP contribution in [0.5, 0.6) is 5.75 Å². The van der Waals surface area contributed by atoms with Gasteiger partial charge < -0.3 is 10.1 Å². The lowest BCUT2D eigenvalue weighted by Crippen LogP contribution is -2.38. The Kier molecular flexibility index (Phi) is 7.89. The second-order valence-corrected chi connectivity index (χ2v) is 9.84. The summed E-state index contributed by atoms with van der Waals surface area (Å²) in [7, 11) is -3.94. The first kappa shape index (κ1) is 24.5. The van der Waals surface area contributed by atoms with Gasteiger partial charge in [0.1, 0.15) is 5.75 Å². The van der Waals surface area contributed by atoms with Gasteiger partial charge in [0.15, 0.2) is 0 Å². The van der Waals surface area contributed by atoms with E-state index >= 15 is 0 Å². The number of sulfonamides is 1. The number of hydrogen-bond donors (Lipinski definition) is 1. The van der Waals surface area contributed by atoms with Crippen LogP contribution in [0.1, 0.15) is 29.2 Å². The molecule has 0 saturated carbocycles. The number of para-hydroxylation sites is 2. The van der Waals surface area contributed by atoms with Crippen molar-refractivity contribution >= 4 is 21.6 Å². The van der Waals surface area contributed by atoms with Crippen LogP contribution >= 0.6 is 0 Å². The minimum Gasteiger partial charge on any atom is -0.492 e. The molecule has 0 aliphatic rings. The SMILES string of the molecule is CCOc1ccccc1NC(=O)CN(Cc1ccccc1)S(=O)(=O)c1c(C)cc(C)cc1C. The van der Waals surface area contributed by atoms with E-state index in [0.29, 0.717) is 29.2 Å². The van der Waals surface area contributed by atoms with Gasteiger partial charge in [0, 0.05) is 6.54 Å². The van der Waals surface area contributed by atoms with Crippen LogP contribution in [0.3, 0.4) is 0 Å². The molecule has 0 bridgehead atoms. The van der Waals surface area contributed by atoms with Crippen molar-refractivity contribution in [2.24, 2.45) is 0 Å². The maximum Gasteiger partial charge on any atom is 0.244 e. The molecule has 6 nitrogen and oxygen atoms in total. The van der Waals surface area contributed by atoms with E-state index in [0.717, 1.165) is 11.1 Å². The van der Waals surface area contributed by atoms with Crippen molar-refractivity contribution < 1.29 is 17.9 Å². The highest BCUT2D eigenvalue weighted by molar-refractivity contribution is 7.89. The Labute approximate surface area is 196 Å². The van der Waals surface area contributed by atoms with Crippen molar-refractivity contribution in [3.8, 4) is 5.75 Å². The maximum atomic E-state index is 13.8. The molecule has 0 heterocycles. The van der Waals surface area contributed by atoms with Gasteiger partial charge in [0.25, 0.3) is 0 Å². The third kappa shape index (κ3) is 6.00. The summed E-state index contributed by atoms with van der Waals surface area (Å²) in [6.07, 6.45) is 0. The number of hydrogen-bond acceptors (Lipinski definition) is 4. The molecule has 1 amide bonds. The minimum absolute atomic E-state index is 0.0798. The molecule has 0 aliphatic carbocycles. The summed E-state index contributed by atoms with van der Waals surface area (Å²) < 4.78 is 34.3. The summed E-state index contributed by atoms with van der Waals surface area (Å²) >= 11 is 0. The van der Waals surface area contributed by atoms with Crippen LogP contribution in [0, 0.1) is 20.8 Å². The van der Waals surface area contributed by atoms with Gasteiger partial charge in [-0.2, -0.15) is 4.31 Å². The molecule has 0 saturated heterocycles. The van der Waals surface area contributed by atoms with E-state index in [1.807, 2.05) is 62.4 Å². The van der Waals surface area contributed by atoms with Gasteiger partial charge in [-0.15, -0.1) is 0 Å². The molecule has 0 aromatic heterocycles. The number of amides is 1. The Bertz CT molecular complexity index is 1200. The number of anilines is 1. The summed E-state index contributed by atoms with van der Waals surface area (Å²) in [5.74, 6) is 0.0973. The normalized spacial score (nSPS) is 11.4. The summed E-state index contributed by atoms with van der Waals surface area (Å²) in [4.78, 5) is 13.2. The molecule has 33 heavy (non-hydrogen) atoms. The quantitative estimate of drug-likeness (QED) is 0.490. The molecule has 1 N–H and O–H groups in total. The number of aryl methyl sites for hydroxylation is 3. The molecule has 3 aromatic carbocycles. The first-order chi connectivity index (χ1) is 15.7. The third-order valence-corrected chi connectivity index (χ3v) is 7.28. The monoisotopic (exact) mass is 466 g/mol. The smallest absolute Gasteiger partial charge is 0.244 e. The molecule has 174 valence electrons. The molecule has 0 atom stereocenters. The lowest BCUT2D eigenvalue weighted by Gasteiger charge is -2.24. The number of ether oxygens (including phenoxy) is 1. The Balaban J connectivity index is 1.95. The van der Waals surface area contributed by atoms with Crippen molar-refractivity contribution in [3.05, 3.63) is 89.0 Å². The molecule has 7 heteroatoms. The van der Waals surface area contributed by atoms with Gasteiger partial charge in [-0.1, -0.05) is 60.2 Å². The van der Waals surface area contributed by atoms with Crippen molar-refractivity contribution in [2.45, 2.75) is 39.1 Å². The van der Waals surface area contributed by atoms with Gasteiger partial charge in [0.05, 0.1) is 23.7 Å². The fraction of sp³-hybridized carbons (Fsp3) is 0.269. The average Bonchev–Trinajstić information content (AvgIpc) is 2.74. The van der Waals surface area contributed by atoms with Crippen LogP contribution in [0.15, 0.2) is 71.6 Å². The number of benzene rings is 3. The van der Waals surface area contributed by atoms with E-state index < -0.39 is 15.9 Å². The number of rotatable bonds is 9. The lowest BCUT2D eigenvalue weighted by atomic mass is 10.1. The van der Waals surface area contributed by atoms with Crippen LogP contribution in [0.2, 0.25) is 0 Å². The number of nitrogens with zero attached hydrogens (tertiary/aromatic N) is 1. The zero-order valence-electron chi connectivity index (χ0n) is 19.5. The highest BCUT2D eigenvalue weighted by Crippen LogP contribution is 2.27. The van der Waals surface area contributed by atoms with E-state index in [-0.39, 0.29) is 18.0 Å². The Morgan fingerprint density at radius 1 is 0.939 bits per heavy atom. The summed E-state index contributed by atoms with van der Waals surface area (Å²) in [6, 6.07) is 20.0. The number of carbonyl (C=O) groups is 1. The van der Waals surface area contributed by atoms with Gasteiger partial charge >= 0.3 is 0 Å². The van der Waals surface area contributed by atoms with Crippen molar-refractivity contribution in [3.63, 3.8) is 0 Å². The van der Waals surface area contributed by atoms with Gasteiger partial charge in [-0.3, -0.25) is 4.79 Å². The van der Waals surface area contributed by atoms with Gasteiger partial charge in [0.2, 0.25) is 15.9 Å². The van der Waals surface area contributed by atoms with Crippen LogP contribution in [0.25, 0.3) is 0 Å². The lowest BCUT2D eigenvalue weighted by molar-refractivity contribution is -0.116. The number of nitrogens with one attached hydrogen (secondary N) is 1. The van der Waals surface area contributed by atoms with Crippen LogP contribution in [-0.2, 0) is 21.4 Å². The Morgan fingerprint density at radius 2 is 1.55 bits per heavy atom. The van der Waals surface area contributed by atoms with E-state index in [4.69, 9.17) is 4.74 Å². The largest absolute Gasteiger partial charge is 0.492 e. The van der Waals surface area contributed by atoms with Gasteiger partial charge in [-0.25, -0.2) is 8.42 Å². The van der Waals surface area contributed by atoms with E-state index in [1.165, 1.54) is 4.31 Å². The van der Waals surface area contributed by atoms with Crippen molar-refractivity contribution in [1.29, 1.82) is 0 Å². The summed E-state index contributed by atoms with van der Waals surface area (Å²) in [6.45, 7) is 7.56. The third-order valence-electron chi connectivity index (χ3n) is 5.19. The Hall–Kier alpha value is -3.16. The molecule has 0 unspecified atom stereocenters. The average molecular weight is 467 g/mol. The second-order valence-electron chi connectivity index (χ2n) is 7.96. The first-order valence-electron chi connectivity index (χ1n) is 10.9. The zero-order chi connectivity index (χ0) is 24.0. The molecule has 3 rings (SSSR count). The van der Waals surface area contributed by atoms with Crippen LogP contribution < -0.4 is 10.1 Å². The minimum atomic E-state index is -3.94. The maximum absolute atomic E-state index is 13.8. The Morgan fingerprint density at radius 3 is 2.18 bits per heavy atom. The molecule has 0 aliphatic heterocycles. The molecular weight excluding hydrogens is 436 g/mol. The molecule has 0 spiro atoms. The van der Waals surface area contributed by atoms with E-state index in [1.54, 1.807) is 32.0 Å². The second kappa shape index (κ2) is 10.6. The summed E-state index contributed by atoms with van der Waals surface area (Å²) in [5, 5.41) is 2.80. The molecule has 0 fully saturated rings.